The van der Waals surface area contributed by atoms with E-state index < -0.39 is 5.60 Å². The maximum Gasteiger partial charge on any atom is 0.0821 e. The molecule has 3 rings (SSSR count). The molecule has 0 aliphatic heterocycles. The van der Waals surface area contributed by atoms with E-state index in [4.69, 9.17) is 5.73 Å². The topological polar surface area (TPSA) is 62.4 Å². The predicted octanol–water partition coefficient (Wildman–Crippen LogP) is 2.56. The molecule has 1 aliphatic carbocycles. The van der Waals surface area contributed by atoms with Crippen molar-refractivity contribution < 1.29 is 5.11 Å². The lowest BCUT2D eigenvalue weighted by Gasteiger charge is -2.30. The van der Waals surface area contributed by atoms with Crippen LogP contribution in [0.15, 0.2) is 30.5 Å². The second-order valence-corrected chi connectivity index (χ2v) is 5.89. The van der Waals surface area contributed by atoms with Crippen molar-refractivity contribution in [3.05, 3.63) is 30.5 Å². The number of likely N-dealkylation sites (N-methyl/N-ethyl adjacent to an activating group) is 1. The fraction of sp³-hybridized carbons (Fsp3) is 0.438. The second-order valence-electron chi connectivity index (χ2n) is 5.89. The van der Waals surface area contributed by atoms with Crippen molar-refractivity contribution in [1.29, 1.82) is 0 Å². The van der Waals surface area contributed by atoms with Gasteiger partial charge in [0.1, 0.15) is 0 Å². The summed E-state index contributed by atoms with van der Waals surface area (Å²) in [5, 5.41) is 11.6. The summed E-state index contributed by atoms with van der Waals surface area (Å²) in [6.07, 6.45) is 5.84. The third-order valence-corrected chi connectivity index (χ3v) is 4.22. The molecule has 4 nitrogen and oxygen atoms in total. The lowest BCUT2D eigenvalue weighted by molar-refractivity contribution is 0.0560. The molecule has 0 spiro atoms. The Bertz CT molecular complexity index is 620. The van der Waals surface area contributed by atoms with Gasteiger partial charge in [0.2, 0.25) is 0 Å². The Hall–Kier alpha value is -1.81. The molecule has 0 saturated heterocycles. The summed E-state index contributed by atoms with van der Waals surface area (Å²) in [5.41, 5.74) is 7.98. The summed E-state index contributed by atoms with van der Waals surface area (Å²) in [5.74, 6) is 0. The van der Waals surface area contributed by atoms with Gasteiger partial charge in [0.25, 0.3) is 0 Å². The number of aromatic nitrogens is 1. The van der Waals surface area contributed by atoms with Crippen molar-refractivity contribution in [1.82, 2.24) is 4.98 Å². The molecule has 4 heteroatoms. The monoisotopic (exact) mass is 271 g/mol. The van der Waals surface area contributed by atoms with Crippen molar-refractivity contribution in [2.45, 2.75) is 31.3 Å². The third-order valence-electron chi connectivity index (χ3n) is 4.22. The Labute approximate surface area is 119 Å². The molecule has 0 atom stereocenters. The second kappa shape index (κ2) is 4.94. The number of hydrogen-bond donors (Lipinski definition) is 2. The molecule has 0 bridgehead atoms. The summed E-state index contributed by atoms with van der Waals surface area (Å²) in [6, 6.07) is 7.78. The largest absolute Gasteiger partial charge is 0.399 e. The average Bonchev–Trinajstić information content (AvgIpc) is 2.84. The van der Waals surface area contributed by atoms with E-state index in [2.05, 4.69) is 9.88 Å². The van der Waals surface area contributed by atoms with Crippen molar-refractivity contribution in [3.63, 3.8) is 0 Å². The van der Waals surface area contributed by atoms with Gasteiger partial charge < -0.3 is 15.7 Å². The molecule has 3 N–H and O–H groups in total. The number of nitrogens with two attached hydrogens (primary N) is 1. The third kappa shape index (κ3) is 2.43. The SMILES string of the molecule is CN(CC1(O)CCCC1)c1ccnc2cc(N)ccc12. The minimum atomic E-state index is -0.544. The number of nitrogens with zero attached hydrogens (tertiary/aromatic N) is 2. The average molecular weight is 271 g/mol. The van der Waals surface area contributed by atoms with E-state index in [1.165, 1.54) is 0 Å². The van der Waals surface area contributed by atoms with E-state index in [-0.39, 0.29) is 0 Å². The Morgan fingerprint density at radius 1 is 1.30 bits per heavy atom. The van der Waals surface area contributed by atoms with Gasteiger partial charge in [-0.2, -0.15) is 0 Å². The van der Waals surface area contributed by atoms with E-state index in [1.807, 2.05) is 31.3 Å². The first-order chi connectivity index (χ1) is 9.57. The van der Waals surface area contributed by atoms with Crippen LogP contribution in [-0.2, 0) is 0 Å². The molecule has 1 fully saturated rings. The highest BCUT2D eigenvalue weighted by Gasteiger charge is 2.32. The number of fused-ring (bicyclic) bond motifs is 1. The Balaban J connectivity index is 1.93. The normalized spacial score (nSPS) is 17.5. The zero-order chi connectivity index (χ0) is 14.2. The van der Waals surface area contributed by atoms with Gasteiger partial charge in [-0.3, -0.25) is 4.98 Å². The highest BCUT2D eigenvalue weighted by atomic mass is 16.3. The molecule has 0 amide bonds. The van der Waals surface area contributed by atoms with Crippen LogP contribution in [0.25, 0.3) is 10.9 Å². The Morgan fingerprint density at radius 3 is 2.80 bits per heavy atom. The lowest BCUT2D eigenvalue weighted by Crippen LogP contribution is -2.39. The summed E-state index contributed by atoms with van der Waals surface area (Å²) < 4.78 is 0. The molecular weight excluding hydrogens is 250 g/mol. The molecule has 0 radical (unpaired) electrons. The van der Waals surface area contributed by atoms with Crippen LogP contribution < -0.4 is 10.6 Å². The summed E-state index contributed by atoms with van der Waals surface area (Å²) >= 11 is 0. The zero-order valence-electron chi connectivity index (χ0n) is 11.8. The summed E-state index contributed by atoms with van der Waals surface area (Å²) in [4.78, 5) is 6.50. The molecule has 106 valence electrons. The number of aliphatic hydroxyl groups is 1. The van der Waals surface area contributed by atoms with Gasteiger partial charge in [0.15, 0.2) is 0 Å². The van der Waals surface area contributed by atoms with E-state index in [0.717, 1.165) is 48.0 Å². The molecule has 1 heterocycles. The van der Waals surface area contributed by atoms with Gasteiger partial charge >= 0.3 is 0 Å². The fourth-order valence-corrected chi connectivity index (χ4v) is 3.20. The molecule has 1 aliphatic rings. The van der Waals surface area contributed by atoms with Gasteiger partial charge in [-0.15, -0.1) is 0 Å². The maximum absolute atomic E-state index is 10.6. The highest BCUT2D eigenvalue weighted by Crippen LogP contribution is 2.33. The van der Waals surface area contributed by atoms with Crippen LogP contribution in [0.3, 0.4) is 0 Å². The molecule has 20 heavy (non-hydrogen) atoms. The van der Waals surface area contributed by atoms with E-state index in [0.29, 0.717) is 6.54 Å². The Morgan fingerprint density at radius 2 is 2.05 bits per heavy atom. The predicted molar refractivity (Wildman–Crippen MR) is 82.8 cm³/mol. The van der Waals surface area contributed by atoms with Crippen LogP contribution in [0.1, 0.15) is 25.7 Å². The maximum atomic E-state index is 10.6. The van der Waals surface area contributed by atoms with Gasteiger partial charge in [-0.25, -0.2) is 0 Å². The minimum absolute atomic E-state index is 0.544. The molecular formula is C16H21N3O. The quantitative estimate of drug-likeness (QED) is 0.842. The van der Waals surface area contributed by atoms with Crippen LogP contribution in [0.4, 0.5) is 11.4 Å². The number of hydrogen-bond acceptors (Lipinski definition) is 4. The van der Waals surface area contributed by atoms with Crippen molar-refractivity contribution in [2.75, 3.05) is 24.2 Å². The van der Waals surface area contributed by atoms with Crippen molar-refractivity contribution in [2.24, 2.45) is 0 Å². The van der Waals surface area contributed by atoms with E-state index in [1.54, 1.807) is 6.20 Å². The summed E-state index contributed by atoms with van der Waals surface area (Å²) in [6.45, 7) is 0.663. The first kappa shape index (κ1) is 13.2. The summed E-state index contributed by atoms with van der Waals surface area (Å²) in [7, 11) is 2.03. The number of benzene rings is 1. The number of anilines is 2. The van der Waals surface area contributed by atoms with Crippen LogP contribution in [0.2, 0.25) is 0 Å². The van der Waals surface area contributed by atoms with Gasteiger partial charge in [0.05, 0.1) is 11.1 Å². The molecule has 2 aromatic rings. The van der Waals surface area contributed by atoms with E-state index >= 15 is 0 Å². The minimum Gasteiger partial charge on any atom is -0.399 e. The molecule has 1 aromatic carbocycles. The molecule has 0 unspecified atom stereocenters. The van der Waals surface area contributed by atoms with E-state index in [9.17, 15) is 5.11 Å². The van der Waals surface area contributed by atoms with Crippen LogP contribution in [-0.4, -0.2) is 29.3 Å². The molecule has 1 saturated carbocycles. The fourth-order valence-electron chi connectivity index (χ4n) is 3.20. The van der Waals surface area contributed by atoms with Crippen LogP contribution >= 0.6 is 0 Å². The lowest BCUT2D eigenvalue weighted by atomic mass is 10.0. The van der Waals surface area contributed by atoms with Gasteiger partial charge in [-0.1, -0.05) is 12.8 Å². The van der Waals surface area contributed by atoms with Crippen molar-refractivity contribution >= 4 is 22.3 Å². The first-order valence-corrected chi connectivity index (χ1v) is 7.15. The number of rotatable bonds is 3. The van der Waals surface area contributed by atoms with Gasteiger partial charge in [-0.05, 0) is 37.1 Å². The van der Waals surface area contributed by atoms with Gasteiger partial charge in [0, 0.05) is 36.6 Å². The number of pyridine rings is 1. The number of nitrogen functional groups attached to an aromatic ring is 1. The highest BCUT2D eigenvalue weighted by molar-refractivity contribution is 5.93. The van der Waals surface area contributed by atoms with Crippen molar-refractivity contribution in [3.8, 4) is 0 Å². The smallest absolute Gasteiger partial charge is 0.0821 e. The Kier molecular flexibility index (Phi) is 3.26. The van der Waals surface area contributed by atoms with Crippen LogP contribution in [0.5, 0.6) is 0 Å². The first-order valence-electron chi connectivity index (χ1n) is 7.15. The molecule has 1 aromatic heterocycles. The standard InChI is InChI=1S/C16H21N3O/c1-19(11-16(20)7-2-3-8-16)15-6-9-18-14-10-12(17)4-5-13(14)15/h4-6,9-10,20H,2-3,7-8,11,17H2,1H3. The van der Waals surface area contributed by atoms with Crippen LogP contribution in [0, 0.1) is 0 Å². The zero-order valence-corrected chi connectivity index (χ0v) is 11.8.